The fourth-order valence-electron chi connectivity index (χ4n) is 2.87. The lowest BCUT2D eigenvalue weighted by Crippen LogP contribution is -2.39. The average molecular weight is 316 g/mol. The molecular weight excluding hydrogens is 296 g/mol. The van der Waals surface area contributed by atoms with Crippen molar-refractivity contribution in [3.63, 3.8) is 0 Å². The highest BCUT2D eigenvalue weighted by molar-refractivity contribution is 5.94. The molecule has 23 heavy (non-hydrogen) atoms. The molecule has 1 aromatic carbocycles. The van der Waals surface area contributed by atoms with Crippen LogP contribution in [0.3, 0.4) is 0 Å². The standard InChI is InChI=1S/C16H20N4O3/c1-12-15(20(21)22)3-2-13-14(4-5-18-16(12)13)17-6-7-19-8-10-23-11-9-19/h2-5H,6-11H2,1H3,(H,17,18). The molecule has 1 aliphatic rings. The third kappa shape index (κ3) is 3.40. The summed E-state index contributed by atoms with van der Waals surface area (Å²) in [6.07, 6.45) is 1.69. The van der Waals surface area contributed by atoms with Gasteiger partial charge in [-0.1, -0.05) is 0 Å². The van der Waals surface area contributed by atoms with Gasteiger partial charge >= 0.3 is 0 Å². The van der Waals surface area contributed by atoms with Crippen molar-refractivity contribution in [3.8, 4) is 0 Å². The van der Waals surface area contributed by atoms with Gasteiger partial charge in [-0.15, -0.1) is 0 Å². The molecular formula is C16H20N4O3. The predicted octanol–water partition coefficient (Wildman–Crippen LogP) is 2.20. The van der Waals surface area contributed by atoms with Crippen molar-refractivity contribution in [2.45, 2.75) is 6.92 Å². The number of benzene rings is 1. The molecule has 2 heterocycles. The number of aryl methyl sites for hydroxylation is 1. The summed E-state index contributed by atoms with van der Waals surface area (Å²) in [6.45, 7) is 7.01. The van der Waals surface area contributed by atoms with Gasteiger partial charge in [0.1, 0.15) is 0 Å². The van der Waals surface area contributed by atoms with Gasteiger partial charge in [0.2, 0.25) is 0 Å². The third-order valence-corrected chi connectivity index (χ3v) is 4.18. The van der Waals surface area contributed by atoms with Crippen molar-refractivity contribution >= 4 is 22.3 Å². The summed E-state index contributed by atoms with van der Waals surface area (Å²) in [5.74, 6) is 0. The maximum atomic E-state index is 11.0. The summed E-state index contributed by atoms with van der Waals surface area (Å²) >= 11 is 0. The van der Waals surface area contributed by atoms with Crippen LogP contribution in [0.15, 0.2) is 24.4 Å². The second-order valence-electron chi connectivity index (χ2n) is 5.60. The number of aromatic nitrogens is 1. The van der Waals surface area contributed by atoms with Crippen LogP contribution in [-0.4, -0.2) is 54.2 Å². The Hall–Kier alpha value is -2.25. The van der Waals surface area contributed by atoms with Crippen molar-refractivity contribution in [3.05, 3.63) is 40.1 Å². The summed E-state index contributed by atoms with van der Waals surface area (Å²) in [4.78, 5) is 17.3. The van der Waals surface area contributed by atoms with Crippen molar-refractivity contribution in [2.75, 3.05) is 44.7 Å². The zero-order valence-electron chi connectivity index (χ0n) is 13.1. The topological polar surface area (TPSA) is 80.5 Å². The molecule has 0 aliphatic carbocycles. The van der Waals surface area contributed by atoms with Gasteiger partial charge in [0, 0.05) is 49.5 Å². The van der Waals surface area contributed by atoms with Crippen LogP contribution in [0.5, 0.6) is 0 Å². The minimum atomic E-state index is -0.366. The number of fused-ring (bicyclic) bond motifs is 1. The van der Waals surface area contributed by atoms with E-state index in [0.29, 0.717) is 11.1 Å². The molecule has 0 bridgehead atoms. The lowest BCUT2D eigenvalue weighted by molar-refractivity contribution is -0.385. The maximum absolute atomic E-state index is 11.0. The Kier molecular flexibility index (Phi) is 4.68. The predicted molar refractivity (Wildman–Crippen MR) is 88.9 cm³/mol. The number of hydrogen-bond acceptors (Lipinski definition) is 6. The van der Waals surface area contributed by atoms with Crippen molar-refractivity contribution in [2.24, 2.45) is 0 Å². The largest absolute Gasteiger partial charge is 0.383 e. The number of morpholine rings is 1. The normalized spacial score (nSPS) is 15.7. The first-order chi connectivity index (χ1) is 11.2. The van der Waals surface area contributed by atoms with Gasteiger partial charge in [-0.25, -0.2) is 0 Å². The summed E-state index contributed by atoms with van der Waals surface area (Å²) in [7, 11) is 0. The fraction of sp³-hybridized carbons (Fsp3) is 0.438. The van der Waals surface area contributed by atoms with Crippen LogP contribution in [0.4, 0.5) is 11.4 Å². The fourth-order valence-corrected chi connectivity index (χ4v) is 2.87. The Morgan fingerprint density at radius 3 is 2.87 bits per heavy atom. The Balaban J connectivity index is 1.75. The summed E-state index contributed by atoms with van der Waals surface area (Å²) in [6, 6.07) is 5.23. The molecule has 7 nitrogen and oxygen atoms in total. The Bertz CT molecular complexity index is 714. The summed E-state index contributed by atoms with van der Waals surface area (Å²) < 4.78 is 5.34. The number of rotatable bonds is 5. The van der Waals surface area contributed by atoms with E-state index in [2.05, 4.69) is 15.2 Å². The van der Waals surface area contributed by atoms with E-state index in [1.54, 1.807) is 25.3 Å². The minimum Gasteiger partial charge on any atom is -0.383 e. The molecule has 0 saturated carbocycles. The van der Waals surface area contributed by atoms with E-state index in [-0.39, 0.29) is 10.6 Å². The zero-order valence-corrected chi connectivity index (χ0v) is 13.1. The van der Waals surface area contributed by atoms with Gasteiger partial charge in [0.15, 0.2) is 0 Å². The molecule has 7 heteroatoms. The van der Waals surface area contributed by atoms with Gasteiger partial charge in [0.25, 0.3) is 5.69 Å². The van der Waals surface area contributed by atoms with Gasteiger partial charge < -0.3 is 10.1 Å². The van der Waals surface area contributed by atoms with Crippen molar-refractivity contribution in [1.29, 1.82) is 0 Å². The van der Waals surface area contributed by atoms with Gasteiger partial charge in [-0.05, 0) is 19.1 Å². The van der Waals surface area contributed by atoms with Crippen LogP contribution < -0.4 is 5.32 Å². The molecule has 122 valence electrons. The van der Waals surface area contributed by atoms with Gasteiger partial charge in [-0.2, -0.15) is 0 Å². The molecule has 1 aliphatic heterocycles. The third-order valence-electron chi connectivity index (χ3n) is 4.18. The number of pyridine rings is 1. The van der Waals surface area contributed by atoms with E-state index in [0.717, 1.165) is 50.5 Å². The molecule has 0 spiro atoms. The molecule has 1 N–H and O–H groups in total. The van der Waals surface area contributed by atoms with E-state index in [4.69, 9.17) is 4.74 Å². The molecule has 1 saturated heterocycles. The van der Waals surface area contributed by atoms with Crippen molar-refractivity contribution < 1.29 is 9.66 Å². The molecule has 0 atom stereocenters. The molecule has 0 unspecified atom stereocenters. The molecule has 1 aromatic heterocycles. The number of ether oxygens (including phenoxy) is 1. The van der Waals surface area contributed by atoms with E-state index < -0.39 is 0 Å². The summed E-state index contributed by atoms with van der Waals surface area (Å²) in [5, 5.41) is 15.4. The lowest BCUT2D eigenvalue weighted by atomic mass is 10.1. The molecule has 0 radical (unpaired) electrons. The molecule has 3 rings (SSSR count). The molecule has 1 fully saturated rings. The van der Waals surface area contributed by atoms with Crippen LogP contribution in [0.25, 0.3) is 10.9 Å². The highest BCUT2D eigenvalue weighted by atomic mass is 16.6. The van der Waals surface area contributed by atoms with Crippen LogP contribution in [0, 0.1) is 17.0 Å². The summed E-state index contributed by atoms with van der Waals surface area (Å²) in [5.41, 5.74) is 2.34. The average Bonchev–Trinajstić information content (AvgIpc) is 2.56. The SMILES string of the molecule is Cc1c([N+](=O)[O-])ccc2c(NCCN3CCOCC3)ccnc12. The second kappa shape index (κ2) is 6.89. The zero-order chi connectivity index (χ0) is 16.2. The van der Waals surface area contributed by atoms with Gasteiger partial charge in [-0.3, -0.25) is 20.0 Å². The van der Waals surface area contributed by atoms with E-state index >= 15 is 0 Å². The number of nitrogens with zero attached hydrogens (tertiary/aromatic N) is 3. The smallest absolute Gasteiger partial charge is 0.274 e. The highest BCUT2D eigenvalue weighted by Gasteiger charge is 2.15. The first-order valence-corrected chi connectivity index (χ1v) is 7.73. The Labute approximate surface area is 134 Å². The number of nitro benzene ring substituents is 1. The van der Waals surface area contributed by atoms with E-state index in [1.807, 2.05) is 6.07 Å². The van der Waals surface area contributed by atoms with E-state index in [1.165, 1.54) is 0 Å². The number of nitrogens with one attached hydrogen (secondary N) is 1. The first-order valence-electron chi connectivity index (χ1n) is 7.73. The van der Waals surface area contributed by atoms with Crippen LogP contribution in [0.2, 0.25) is 0 Å². The second-order valence-corrected chi connectivity index (χ2v) is 5.60. The van der Waals surface area contributed by atoms with Crippen LogP contribution >= 0.6 is 0 Å². The Morgan fingerprint density at radius 2 is 2.13 bits per heavy atom. The molecule has 2 aromatic rings. The highest BCUT2D eigenvalue weighted by Crippen LogP contribution is 2.29. The monoisotopic (exact) mass is 316 g/mol. The maximum Gasteiger partial charge on any atom is 0.274 e. The van der Waals surface area contributed by atoms with Crippen LogP contribution in [0.1, 0.15) is 5.56 Å². The van der Waals surface area contributed by atoms with Crippen LogP contribution in [-0.2, 0) is 4.74 Å². The quantitative estimate of drug-likeness (QED) is 0.673. The number of nitro groups is 1. The number of hydrogen-bond donors (Lipinski definition) is 1. The first kappa shape index (κ1) is 15.6. The Morgan fingerprint density at radius 1 is 1.35 bits per heavy atom. The lowest BCUT2D eigenvalue weighted by Gasteiger charge is -2.26. The number of anilines is 1. The van der Waals surface area contributed by atoms with E-state index in [9.17, 15) is 10.1 Å². The van der Waals surface area contributed by atoms with Crippen molar-refractivity contribution in [1.82, 2.24) is 9.88 Å². The minimum absolute atomic E-state index is 0.107. The molecule has 0 amide bonds. The van der Waals surface area contributed by atoms with Gasteiger partial charge in [0.05, 0.1) is 29.2 Å².